The van der Waals surface area contributed by atoms with Crippen LogP contribution in [0.25, 0.3) is 0 Å². The average Bonchev–Trinajstić information content (AvgIpc) is 2.29. The predicted octanol–water partition coefficient (Wildman–Crippen LogP) is 3.99. The van der Waals surface area contributed by atoms with Gasteiger partial charge in [-0.25, -0.2) is 4.79 Å². The lowest BCUT2D eigenvalue weighted by molar-refractivity contribution is 0.0696. The number of benzene rings is 1. The van der Waals surface area contributed by atoms with Crippen LogP contribution in [0.4, 0.5) is 0 Å². The molecule has 0 spiro atoms. The minimum Gasteiger partial charge on any atom is -0.478 e. The van der Waals surface area contributed by atoms with Gasteiger partial charge in [-0.05, 0) is 36.5 Å². The lowest BCUT2D eigenvalue weighted by Crippen LogP contribution is -2.00. The number of hydrogen-bond donors (Lipinski definition) is 1. The molecule has 0 saturated heterocycles. The number of aromatic carboxylic acids is 1. The van der Waals surface area contributed by atoms with E-state index in [2.05, 4.69) is 13.8 Å². The number of carboxylic acids is 1. The van der Waals surface area contributed by atoms with Crippen LogP contribution in [-0.2, 0) is 11.3 Å². The molecule has 0 amide bonds. The molecular formula is C14H19ClO3. The lowest BCUT2D eigenvalue weighted by atomic mass is 10.1. The van der Waals surface area contributed by atoms with E-state index in [0.29, 0.717) is 24.2 Å². The van der Waals surface area contributed by atoms with E-state index in [9.17, 15) is 4.79 Å². The van der Waals surface area contributed by atoms with Crippen molar-refractivity contribution in [3.8, 4) is 0 Å². The molecule has 100 valence electrons. The van der Waals surface area contributed by atoms with Gasteiger partial charge in [-0.3, -0.25) is 0 Å². The van der Waals surface area contributed by atoms with E-state index in [1.807, 2.05) is 0 Å². The SMILES string of the molecule is CC(C)CCCOCc1ccc(C(=O)O)cc1Cl. The Labute approximate surface area is 113 Å². The molecule has 1 N–H and O–H groups in total. The molecule has 0 aliphatic rings. The summed E-state index contributed by atoms with van der Waals surface area (Å²) in [5.41, 5.74) is 1.02. The summed E-state index contributed by atoms with van der Waals surface area (Å²) in [5, 5.41) is 9.25. The van der Waals surface area contributed by atoms with E-state index in [1.165, 1.54) is 6.07 Å². The first kappa shape index (κ1) is 15.0. The predicted molar refractivity (Wildman–Crippen MR) is 72.1 cm³/mol. The molecule has 1 rings (SSSR count). The largest absolute Gasteiger partial charge is 0.478 e. The van der Waals surface area contributed by atoms with Gasteiger partial charge < -0.3 is 9.84 Å². The van der Waals surface area contributed by atoms with Crippen molar-refractivity contribution >= 4 is 17.6 Å². The summed E-state index contributed by atoms with van der Waals surface area (Å²) >= 11 is 5.99. The van der Waals surface area contributed by atoms with Gasteiger partial charge in [-0.15, -0.1) is 0 Å². The molecule has 0 heterocycles. The standard InChI is InChI=1S/C14H19ClO3/c1-10(2)4-3-7-18-9-12-6-5-11(14(16)17)8-13(12)15/h5-6,8,10H,3-4,7,9H2,1-2H3,(H,16,17). The van der Waals surface area contributed by atoms with E-state index in [0.717, 1.165) is 18.4 Å². The van der Waals surface area contributed by atoms with Gasteiger partial charge in [0.25, 0.3) is 0 Å². The molecule has 0 radical (unpaired) electrons. The van der Waals surface area contributed by atoms with Crippen LogP contribution in [0.3, 0.4) is 0 Å². The summed E-state index contributed by atoms with van der Waals surface area (Å²) in [7, 11) is 0. The molecule has 0 aliphatic carbocycles. The van der Waals surface area contributed by atoms with Crippen molar-refractivity contribution in [2.24, 2.45) is 5.92 Å². The van der Waals surface area contributed by atoms with Gasteiger partial charge in [0.1, 0.15) is 0 Å². The molecule has 0 fully saturated rings. The Kier molecular flexibility index (Phi) is 6.16. The Morgan fingerprint density at radius 3 is 2.72 bits per heavy atom. The van der Waals surface area contributed by atoms with Gasteiger partial charge >= 0.3 is 5.97 Å². The highest BCUT2D eigenvalue weighted by molar-refractivity contribution is 6.31. The second-order valence-electron chi connectivity index (χ2n) is 4.70. The average molecular weight is 271 g/mol. The second kappa shape index (κ2) is 7.39. The van der Waals surface area contributed by atoms with Crippen LogP contribution < -0.4 is 0 Å². The molecule has 0 bridgehead atoms. The number of hydrogen-bond acceptors (Lipinski definition) is 2. The molecule has 0 atom stereocenters. The number of rotatable bonds is 7. The quantitative estimate of drug-likeness (QED) is 0.762. The topological polar surface area (TPSA) is 46.5 Å². The molecule has 0 unspecified atom stereocenters. The summed E-state index contributed by atoms with van der Waals surface area (Å²) in [5.74, 6) is -0.284. The highest BCUT2D eigenvalue weighted by Gasteiger charge is 2.07. The van der Waals surface area contributed by atoms with Crippen LogP contribution in [-0.4, -0.2) is 17.7 Å². The number of carboxylic acid groups (broad SMARTS) is 1. The third-order valence-corrected chi connectivity index (χ3v) is 2.98. The second-order valence-corrected chi connectivity index (χ2v) is 5.11. The van der Waals surface area contributed by atoms with Crippen molar-refractivity contribution in [2.75, 3.05) is 6.61 Å². The molecule has 3 nitrogen and oxygen atoms in total. The first-order chi connectivity index (χ1) is 8.50. The zero-order valence-electron chi connectivity index (χ0n) is 10.8. The van der Waals surface area contributed by atoms with Crippen LogP contribution in [0.15, 0.2) is 18.2 Å². The normalized spacial score (nSPS) is 10.9. The van der Waals surface area contributed by atoms with E-state index in [-0.39, 0.29) is 5.56 Å². The van der Waals surface area contributed by atoms with Gasteiger partial charge in [0.15, 0.2) is 0 Å². The smallest absolute Gasteiger partial charge is 0.335 e. The van der Waals surface area contributed by atoms with E-state index in [4.69, 9.17) is 21.4 Å². The minimum absolute atomic E-state index is 0.198. The number of ether oxygens (including phenoxy) is 1. The Bertz CT molecular complexity index is 402. The van der Waals surface area contributed by atoms with Gasteiger partial charge in [-0.1, -0.05) is 31.5 Å². The van der Waals surface area contributed by atoms with E-state index < -0.39 is 5.97 Å². The maximum absolute atomic E-state index is 10.7. The van der Waals surface area contributed by atoms with E-state index in [1.54, 1.807) is 12.1 Å². The van der Waals surface area contributed by atoms with Crippen molar-refractivity contribution in [2.45, 2.75) is 33.3 Å². The number of halogens is 1. The van der Waals surface area contributed by atoms with Crippen LogP contribution in [0.2, 0.25) is 5.02 Å². The van der Waals surface area contributed by atoms with Gasteiger partial charge in [0.05, 0.1) is 12.2 Å². The van der Waals surface area contributed by atoms with Crippen molar-refractivity contribution in [1.82, 2.24) is 0 Å². The molecule has 0 aromatic heterocycles. The van der Waals surface area contributed by atoms with Crippen molar-refractivity contribution in [3.05, 3.63) is 34.3 Å². The summed E-state index contributed by atoms with van der Waals surface area (Å²) in [4.78, 5) is 10.7. The summed E-state index contributed by atoms with van der Waals surface area (Å²) in [6, 6.07) is 4.70. The van der Waals surface area contributed by atoms with Crippen molar-refractivity contribution in [3.63, 3.8) is 0 Å². The fourth-order valence-electron chi connectivity index (χ4n) is 1.57. The van der Waals surface area contributed by atoms with Gasteiger partial charge in [0.2, 0.25) is 0 Å². The molecule has 0 aliphatic heterocycles. The zero-order chi connectivity index (χ0) is 13.5. The summed E-state index contributed by atoms with van der Waals surface area (Å²) < 4.78 is 5.52. The summed E-state index contributed by atoms with van der Waals surface area (Å²) in [6.45, 7) is 5.50. The Balaban J connectivity index is 2.41. The molecule has 1 aromatic rings. The highest BCUT2D eigenvalue weighted by atomic mass is 35.5. The molecule has 4 heteroatoms. The zero-order valence-corrected chi connectivity index (χ0v) is 11.5. The fourth-order valence-corrected chi connectivity index (χ4v) is 1.81. The third kappa shape index (κ3) is 5.07. The summed E-state index contributed by atoms with van der Waals surface area (Å²) in [6.07, 6.45) is 2.17. The van der Waals surface area contributed by atoms with E-state index >= 15 is 0 Å². The minimum atomic E-state index is -0.971. The first-order valence-electron chi connectivity index (χ1n) is 6.10. The molecule has 0 saturated carbocycles. The number of carbonyl (C=O) groups is 1. The molecular weight excluding hydrogens is 252 g/mol. The Hall–Kier alpha value is -1.06. The van der Waals surface area contributed by atoms with Crippen LogP contribution >= 0.6 is 11.6 Å². The fraction of sp³-hybridized carbons (Fsp3) is 0.500. The maximum Gasteiger partial charge on any atom is 0.335 e. The maximum atomic E-state index is 10.7. The van der Waals surface area contributed by atoms with Crippen LogP contribution in [0.1, 0.15) is 42.6 Å². The van der Waals surface area contributed by atoms with Crippen LogP contribution in [0.5, 0.6) is 0 Å². The van der Waals surface area contributed by atoms with Gasteiger partial charge in [-0.2, -0.15) is 0 Å². The molecule has 1 aromatic carbocycles. The lowest BCUT2D eigenvalue weighted by Gasteiger charge is -2.08. The van der Waals surface area contributed by atoms with Crippen molar-refractivity contribution < 1.29 is 14.6 Å². The van der Waals surface area contributed by atoms with Crippen molar-refractivity contribution in [1.29, 1.82) is 0 Å². The van der Waals surface area contributed by atoms with Crippen LogP contribution in [0, 0.1) is 5.92 Å². The monoisotopic (exact) mass is 270 g/mol. The Morgan fingerprint density at radius 1 is 1.44 bits per heavy atom. The highest BCUT2D eigenvalue weighted by Crippen LogP contribution is 2.19. The Morgan fingerprint density at radius 2 is 2.17 bits per heavy atom. The van der Waals surface area contributed by atoms with Gasteiger partial charge in [0, 0.05) is 11.6 Å². The first-order valence-corrected chi connectivity index (χ1v) is 6.48. The molecule has 18 heavy (non-hydrogen) atoms. The third-order valence-electron chi connectivity index (χ3n) is 2.63.